The fraction of sp³-hybridized carbons (Fsp3) is 0.250. The molecular weight excluding hydrogens is 456 g/mol. The molecule has 1 saturated carbocycles. The molecule has 0 radical (unpaired) electrons. The number of aromatic nitrogens is 3. The van der Waals surface area contributed by atoms with E-state index < -0.39 is 5.25 Å². The molecule has 3 aromatic carbocycles. The standard InChI is InChI=1S/C28H28N4O2S/c1-34-24-16-12-22(13-17-24)26-30-31-28(32(26)19-18-20-8-4-2-5-9-20)35-25(21-10-6-3-7-11-21)27(33)29-23-14-15-23/h2-13,16-17,23,25H,14-15,18-19H2,1H3,(H,29,33). The zero-order valence-electron chi connectivity index (χ0n) is 19.6. The molecule has 0 bridgehead atoms. The van der Waals surface area contributed by atoms with E-state index >= 15 is 0 Å². The topological polar surface area (TPSA) is 69.0 Å². The lowest BCUT2D eigenvalue weighted by Crippen LogP contribution is -2.30. The second-order valence-corrected chi connectivity index (χ2v) is 9.69. The third kappa shape index (κ3) is 5.74. The summed E-state index contributed by atoms with van der Waals surface area (Å²) in [5, 5.41) is 12.6. The SMILES string of the molecule is COc1ccc(-c2nnc(SC(C(=O)NC3CC3)c3ccccc3)n2CCc2ccccc2)cc1. The minimum atomic E-state index is -0.403. The number of benzene rings is 3. The number of aryl methyl sites for hydroxylation is 1. The van der Waals surface area contributed by atoms with E-state index in [1.54, 1.807) is 7.11 Å². The third-order valence-corrected chi connectivity index (χ3v) is 7.25. The molecule has 178 valence electrons. The highest BCUT2D eigenvalue weighted by Crippen LogP contribution is 2.37. The first kappa shape index (κ1) is 23.2. The van der Waals surface area contributed by atoms with Gasteiger partial charge in [-0.15, -0.1) is 10.2 Å². The number of carbonyl (C=O) groups excluding carboxylic acids is 1. The highest BCUT2D eigenvalue weighted by atomic mass is 32.2. The smallest absolute Gasteiger partial charge is 0.238 e. The molecule has 0 saturated heterocycles. The van der Waals surface area contributed by atoms with Gasteiger partial charge in [0, 0.05) is 18.2 Å². The molecule has 1 aliphatic carbocycles. The number of rotatable bonds is 10. The van der Waals surface area contributed by atoms with Crippen LogP contribution in [0.2, 0.25) is 0 Å². The third-order valence-electron chi connectivity index (χ3n) is 6.02. The van der Waals surface area contributed by atoms with E-state index in [4.69, 9.17) is 4.74 Å². The van der Waals surface area contributed by atoms with Crippen LogP contribution in [0, 0.1) is 0 Å². The Morgan fingerprint density at radius 2 is 1.69 bits per heavy atom. The summed E-state index contributed by atoms with van der Waals surface area (Å²) in [6.45, 7) is 0.701. The summed E-state index contributed by atoms with van der Waals surface area (Å²) < 4.78 is 7.44. The number of amides is 1. The summed E-state index contributed by atoms with van der Waals surface area (Å²) in [6, 6.07) is 28.4. The van der Waals surface area contributed by atoms with Crippen molar-refractivity contribution in [3.8, 4) is 17.1 Å². The molecule has 4 aromatic rings. The Morgan fingerprint density at radius 1 is 1.00 bits per heavy atom. The first-order valence-electron chi connectivity index (χ1n) is 11.8. The number of methoxy groups -OCH3 is 1. The van der Waals surface area contributed by atoms with Crippen molar-refractivity contribution >= 4 is 17.7 Å². The van der Waals surface area contributed by atoms with E-state index in [1.165, 1.54) is 17.3 Å². The predicted octanol–water partition coefficient (Wildman–Crippen LogP) is 5.31. The molecular formula is C28H28N4O2S. The fourth-order valence-electron chi connectivity index (χ4n) is 3.93. The summed E-state index contributed by atoms with van der Waals surface area (Å²) in [7, 11) is 1.66. The molecule has 1 aliphatic rings. The monoisotopic (exact) mass is 484 g/mol. The number of thioether (sulfide) groups is 1. The highest BCUT2D eigenvalue weighted by molar-refractivity contribution is 8.00. The maximum absolute atomic E-state index is 13.2. The van der Waals surface area contributed by atoms with Crippen molar-refractivity contribution in [3.63, 3.8) is 0 Å². The first-order valence-corrected chi connectivity index (χ1v) is 12.7. The number of carbonyl (C=O) groups is 1. The second-order valence-electron chi connectivity index (χ2n) is 8.61. The number of nitrogens with zero attached hydrogens (tertiary/aromatic N) is 3. The van der Waals surface area contributed by atoms with Gasteiger partial charge in [-0.1, -0.05) is 72.4 Å². The summed E-state index contributed by atoms with van der Waals surface area (Å²) >= 11 is 1.46. The quantitative estimate of drug-likeness (QED) is 0.309. The second kappa shape index (κ2) is 10.8. The maximum Gasteiger partial charge on any atom is 0.238 e. The number of nitrogens with one attached hydrogen (secondary N) is 1. The van der Waals surface area contributed by atoms with Gasteiger partial charge >= 0.3 is 0 Å². The van der Waals surface area contributed by atoms with Gasteiger partial charge in [0.25, 0.3) is 0 Å². The van der Waals surface area contributed by atoms with Crippen LogP contribution in [0.5, 0.6) is 5.75 Å². The molecule has 1 unspecified atom stereocenters. The van der Waals surface area contributed by atoms with E-state index in [2.05, 4.69) is 44.3 Å². The van der Waals surface area contributed by atoms with Crippen LogP contribution in [-0.2, 0) is 17.8 Å². The lowest BCUT2D eigenvalue weighted by Gasteiger charge is -2.17. The van der Waals surface area contributed by atoms with Crippen LogP contribution in [0.3, 0.4) is 0 Å². The van der Waals surface area contributed by atoms with Crippen molar-refractivity contribution in [1.82, 2.24) is 20.1 Å². The van der Waals surface area contributed by atoms with Gasteiger partial charge in [-0.25, -0.2) is 0 Å². The van der Waals surface area contributed by atoms with Gasteiger partial charge in [-0.05, 0) is 54.7 Å². The van der Waals surface area contributed by atoms with Crippen LogP contribution in [-0.4, -0.2) is 33.8 Å². The van der Waals surface area contributed by atoms with E-state index in [-0.39, 0.29) is 5.91 Å². The average Bonchev–Trinajstić information content (AvgIpc) is 3.64. The molecule has 7 heteroatoms. The van der Waals surface area contributed by atoms with Crippen LogP contribution in [0.15, 0.2) is 90.1 Å². The van der Waals surface area contributed by atoms with E-state index in [1.807, 2.05) is 60.7 Å². The van der Waals surface area contributed by atoms with Gasteiger partial charge in [0.2, 0.25) is 5.91 Å². The molecule has 1 atom stereocenters. The highest BCUT2D eigenvalue weighted by Gasteiger charge is 2.30. The van der Waals surface area contributed by atoms with Gasteiger partial charge in [0.1, 0.15) is 11.0 Å². The predicted molar refractivity (Wildman–Crippen MR) is 138 cm³/mol. The largest absolute Gasteiger partial charge is 0.497 e. The van der Waals surface area contributed by atoms with Crippen molar-refractivity contribution in [3.05, 3.63) is 96.1 Å². The van der Waals surface area contributed by atoms with Crippen molar-refractivity contribution in [2.75, 3.05) is 7.11 Å². The molecule has 1 fully saturated rings. The van der Waals surface area contributed by atoms with Crippen LogP contribution in [0.1, 0.15) is 29.2 Å². The van der Waals surface area contributed by atoms with Crippen molar-refractivity contribution in [2.24, 2.45) is 0 Å². The van der Waals surface area contributed by atoms with Crippen LogP contribution >= 0.6 is 11.8 Å². The molecule has 1 N–H and O–H groups in total. The molecule has 35 heavy (non-hydrogen) atoms. The lowest BCUT2D eigenvalue weighted by molar-refractivity contribution is -0.120. The zero-order valence-corrected chi connectivity index (χ0v) is 20.4. The van der Waals surface area contributed by atoms with Crippen LogP contribution < -0.4 is 10.1 Å². The average molecular weight is 485 g/mol. The van der Waals surface area contributed by atoms with Gasteiger partial charge in [0.05, 0.1) is 7.11 Å². The Hall–Kier alpha value is -3.58. The molecule has 5 rings (SSSR count). The van der Waals surface area contributed by atoms with E-state index in [9.17, 15) is 4.79 Å². The van der Waals surface area contributed by atoms with Crippen LogP contribution in [0.4, 0.5) is 0 Å². The van der Waals surface area contributed by atoms with Crippen LogP contribution in [0.25, 0.3) is 11.4 Å². The Bertz CT molecular complexity index is 1260. The molecule has 0 aliphatic heterocycles. The lowest BCUT2D eigenvalue weighted by atomic mass is 10.1. The molecule has 6 nitrogen and oxygen atoms in total. The maximum atomic E-state index is 13.2. The number of ether oxygens (including phenoxy) is 1. The van der Waals surface area contributed by atoms with E-state index in [0.29, 0.717) is 12.6 Å². The Balaban J connectivity index is 1.48. The van der Waals surface area contributed by atoms with Crippen molar-refractivity contribution in [2.45, 2.75) is 42.3 Å². The molecule has 1 aromatic heterocycles. The number of hydrogen-bond donors (Lipinski definition) is 1. The van der Waals surface area contributed by atoms with Gasteiger partial charge in [-0.3, -0.25) is 4.79 Å². The summed E-state index contributed by atoms with van der Waals surface area (Å²) in [4.78, 5) is 13.2. The fourth-order valence-corrected chi connectivity index (χ4v) is 5.00. The van der Waals surface area contributed by atoms with Gasteiger partial charge in [0.15, 0.2) is 11.0 Å². The zero-order chi connectivity index (χ0) is 24.0. The van der Waals surface area contributed by atoms with Crippen molar-refractivity contribution < 1.29 is 9.53 Å². The first-order chi connectivity index (χ1) is 17.2. The summed E-state index contributed by atoms with van der Waals surface area (Å²) in [5.74, 6) is 1.59. The Kier molecular flexibility index (Phi) is 7.14. The minimum absolute atomic E-state index is 0.0207. The molecule has 1 amide bonds. The summed E-state index contributed by atoms with van der Waals surface area (Å²) in [6.07, 6.45) is 2.93. The Labute approximate surface area is 209 Å². The minimum Gasteiger partial charge on any atom is -0.497 e. The van der Waals surface area contributed by atoms with Crippen molar-refractivity contribution in [1.29, 1.82) is 0 Å². The molecule has 1 heterocycles. The van der Waals surface area contributed by atoms with Gasteiger partial charge in [-0.2, -0.15) is 0 Å². The molecule has 0 spiro atoms. The number of hydrogen-bond acceptors (Lipinski definition) is 5. The van der Waals surface area contributed by atoms with E-state index in [0.717, 1.165) is 47.1 Å². The Morgan fingerprint density at radius 3 is 2.34 bits per heavy atom. The van der Waals surface area contributed by atoms with Gasteiger partial charge < -0.3 is 14.6 Å². The summed E-state index contributed by atoms with van der Waals surface area (Å²) in [5.41, 5.74) is 3.15. The normalized spacial score (nSPS) is 13.9.